The highest BCUT2D eigenvalue weighted by molar-refractivity contribution is 5.78. The van der Waals surface area contributed by atoms with Crippen molar-refractivity contribution in [2.75, 3.05) is 6.61 Å². The number of fused-ring (bicyclic) bond motifs is 1. The summed E-state index contributed by atoms with van der Waals surface area (Å²) in [7, 11) is 0. The summed E-state index contributed by atoms with van der Waals surface area (Å²) >= 11 is 0. The molecule has 0 aromatic carbocycles. The number of hydrogen-bond donors (Lipinski definition) is 2. The Bertz CT molecular complexity index is 1250. The lowest BCUT2D eigenvalue weighted by atomic mass is 10.1. The third kappa shape index (κ3) is 4.43. The number of allylic oxidation sites excluding steroid dienone is 1. The van der Waals surface area contributed by atoms with E-state index in [2.05, 4.69) is 15.3 Å². The predicted octanol–water partition coefficient (Wildman–Crippen LogP) is 2.72. The van der Waals surface area contributed by atoms with Crippen molar-refractivity contribution in [3.8, 4) is 22.5 Å². The Balaban J connectivity index is 1.73. The van der Waals surface area contributed by atoms with Crippen molar-refractivity contribution in [3.05, 3.63) is 48.8 Å². The summed E-state index contributed by atoms with van der Waals surface area (Å²) < 4.78 is 32.0. The molecule has 0 saturated heterocycles. The van der Waals surface area contributed by atoms with Crippen LogP contribution < -0.4 is 0 Å². The van der Waals surface area contributed by atoms with Gasteiger partial charge in [0, 0.05) is 42.2 Å². The summed E-state index contributed by atoms with van der Waals surface area (Å²) in [5, 5.41) is 31.4. The fourth-order valence-corrected chi connectivity index (χ4v) is 3.35. The van der Waals surface area contributed by atoms with Crippen molar-refractivity contribution >= 4 is 11.7 Å². The van der Waals surface area contributed by atoms with E-state index in [0.29, 0.717) is 22.5 Å². The number of hydrogen-bond acceptors (Lipinski definition) is 6. The van der Waals surface area contributed by atoms with Gasteiger partial charge < -0.3 is 10.2 Å². The largest absolute Gasteiger partial charge is 0.394 e. The molecule has 168 valence electrons. The highest BCUT2D eigenvalue weighted by atomic mass is 19.3. The Morgan fingerprint density at radius 3 is 2.66 bits per heavy atom. The summed E-state index contributed by atoms with van der Waals surface area (Å²) in [6, 6.07) is 1.80. The number of aliphatic hydroxyl groups is 2. The molecule has 4 rings (SSSR count). The van der Waals surface area contributed by atoms with Crippen LogP contribution in [0.1, 0.15) is 20.3 Å². The van der Waals surface area contributed by atoms with Gasteiger partial charge >= 0.3 is 0 Å². The molecule has 4 heterocycles. The maximum Gasteiger partial charge on any atom is 0.268 e. The first kappa shape index (κ1) is 21.8. The molecule has 0 aliphatic heterocycles. The Morgan fingerprint density at radius 1 is 1.16 bits per heavy atom. The van der Waals surface area contributed by atoms with Crippen LogP contribution in [-0.4, -0.2) is 63.0 Å². The van der Waals surface area contributed by atoms with Gasteiger partial charge in [0.05, 0.1) is 60.9 Å². The fraction of sp³-hybridized carbons (Fsp3) is 0.333. The molecule has 0 bridgehead atoms. The maximum absolute atomic E-state index is 13.7. The Morgan fingerprint density at radius 2 is 1.94 bits per heavy atom. The molecule has 4 aromatic rings. The van der Waals surface area contributed by atoms with Gasteiger partial charge in [0.2, 0.25) is 0 Å². The molecule has 0 saturated carbocycles. The van der Waals surface area contributed by atoms with Crippen molar-refractivity contribution in [2.45, 2.75) is 38.8 Å². The van der Waals surface area contributed by atoms with E-state index in [4.69, 9.17) is 10.1 Å². The topological polar surface area (TPSA) is 106 Å². The molecule has 0 aliphatic rings. The Hall–Kier alpha value is -3.44. The van der Waals surface area contributed by atoms with E-state index in [-0.39, 0.29) is 25.1 Å². The zero-order chi connectivity index (χ0) is 22.9. The minimum atomic E-state index is -2.93. The molecule has 1 atom stereocenters. The van der Waals surface area contributed by atoms with Crippen LogP contribution in [0.15, 0.2) is 48.8 Å². The van der Waals surface area contributed by atoms with Gasteiger partial charge in [-0.05, 0) is 12.5 Å². The first-order chi connectivity index (χ1) is 15.3. The second-order valence-corrected chi connectivity index (χ2v) is 7.53. The van der Waals surface area contributed by atoms with Gasteiger partial charge in [-0.1, -0.05) is 6.92 Å². The molecule has 0 spiro atoms. The van der Waals surface area contributed by atoms with Crippen molar-refractivity contribution in [1.29, 1.82) is 0 Å². The summed E-state index contributed by atoms with van der Waals surface area (Å²) in [5.41, 5.74) is 3.21. The van der Waals surface area contributed by atoms with Gasteiger partial charge in [0.1, 0.15) is 0 Å². The molecule has 2 N–H and O–H groups in total. The number of aliphatic hydroxyl groups excluding tert-OH is 2. The summed E-state index contributed by atoms with van der Waals surface area (Å²) in [6.45, 7) is 2.33. The van der Waals surface area contributed by atoms with E-state index in [1.54, 1.807) is 54.7 Å². The predicted molar refractivity (Wildman–Crippen MR) is 114 cm³/mol. The van der Waals surface area contributed by atoms with Crippen molar-refractivity contribution < 1.29 is 19.0 Å². The average Bonchev–Trinajstić information content (AvgIpc) is 3.50. The van der Waals surface area contributed by atoms with Crippen LogP contribution >= 0.6 is 0 Å². The van der Waals surface area contributed by atoms with Crippen molar-refractivity contribution in [1.82, 2.24) is 34.2 Å². The molecular formula is C21H23F2N7O2. The number of nitrogens with zero attached hydrogens (tertiary/aromatic N) is 7. The van der Waals surface area contributed by atoms with Crippen LogP contribution in [0.5, 0.6) is 0 Å². The normalized spacial score (nSPS) is 13.8. The minimum Gasteiger partial charge on any atom is -0.394 e. The molecule has 32 heavy (non-hydrogen) atoms. The SMILES string of the molecule is CC/C(=C/n1cc(-c2nc(-c3cnn(C[C@@H](O)CO)c3)cn3nccc23)cn1)C(C)(F)F. The molecule has 0 amide bonds. The lowest BCUT2D eigenvalue weighted by Crippen LogP contribution is -2.19. The maximum atomic E-state index is 13.7. The van der Waals surface area contributed by atoms with E-state index in [9.17, 15) is 13.9 Å². The summed E-state index contributed by atoms with van der Waals surface area (Å²) in [4.78, 5) is 4.74. The van der Waals surface area contributed by atoms with Crippen LogP contribution in [0.4, 0.5) is 8.78 Å². The molecule has 0 radical (unpaired) electrons. The number of aromatic nitrogens is 7. The molecule has 0 unspecified atom stereocenters. The van der Waals surface area contributed by atoms with Gasteiger partial charge in [0.15, 0.2) is 0 Å². The monoisotopic (exact) mass is 443 g/mol. The van der Waals surface area contributed by atoms with Crippen molar-refractivity contribution in [2.24, 2.45) is 0 Å². The number of rotatable bonds is 8. The highest BCUT2D eigenvalue weighted by Crippen LogP contribution is 2.29. The zero-order valence-electron chi connectivity index (χ0n) is 17.6. The summed E-state index contributed by atoms with van der Waals surface area (Å²) in [5.74, 6) is -2.93. The smallest absolute Gasteiger partial charge is 0.268 e. The molecule has 0 aliphatic carbocycles. The van der Waals surface area contributed by atoms with E-state index in [1.807, 2.05) is 0 Å². The van der Waals surface area contributed by atoms with Gasteiger partial charge in [-0.3, -0.25) is 4.68 Å². The fourth-order valence-electron chi connectivity index (χ4n) is 3.35. The van der Waals surface area contributed by atoms with Crippen LogP contribution in [0.25, 0.3) is 34.2 Å². The van der Waals surface area contributed by atoms with E-state index in [0.717, 1.165) is 12.4 Å². The van der Waals surface area contributed by atoms with E-state index in [1.165, 1.54) is 15.6 Å². The lowest BCUT2D eigenvalue weighted by molar-refractivity contribution is 0.0612. The standard InChI is InChI=1S/C21H23F2N7O2/c1-3-16(21(2,22)23)10-28-9-15(7-26-28)20-19-4-5-24-30(19)12-18(27-20)14-6-25-29(8-14)11-17(32)13-31/h4-10,12,17,31-32H,3,11,13H2,1-2H3/b16-10-/t17-/m1/s1. The van der Waals surface area contributed by atoms with Crippen LogP contribution in [0.3, 0.4) is 0 Å². The quantitative estimate of drug-likeness (QED) is 0.434. The average molecular weight is 443 g/mol. The van der Waals surface area contributed by atoms with E-state index >= 15 is 0 Å². The van der Waals surface area contributed by atoms with Gasteiger partial charge in [-0.15, -0.1) is 0 Å². The molecule has 4 aromatic heterocycles. The van der Waals surface area contributed by atoms with Gasteiger partial charge in [-0.25, -0.2) is 23.0 Å². The molecule has 9 nitrogen and oxygen atoms in total. The lowest BCUT2D eigenvalue weighted by Gasteiger charge is -2.12. The third-order valence-electron chi connectivity index (χ3n) is 5.04. The molecule has 11 heteroatoms. The van der Waals surface area contributed by atoms with Crippen LogP contribution in [0, 0.1) is 0 Å². The van der Waals surface area contributed by atoms with Crippen LogP contribution in [-0.2, 0) is 6.54 Å². The minimum absolute atomic E-state index is 0.0270. The van der Waals surface area contributed by atoms with Crippen molar-refractivity contribution in [3.63, 3.8) is 0 Å². The van der Waals surface area contributed by atoms with Gasteiger partial charge in [0.25, 0.3) is 5.92 Å². The number of alkyl halides is 2. The Labute approximate surface area is 182 Å². The Kier molecular flexibility index (Phi) is 5.85. The van der Waals surface area contributed by atoms with E-state index < -0.39 is 12.0 Å². The first-order valence-electron chi connectivity index (χ1n) is 10.1. The first-order valence-corrected chi connectivity index (χ1v) is 10.1. The highest BCUT2D eigenvalue weighted by Gasteiger charge is 2.26. The number of halogens is 2. The summed E-state index contributed by atoms with van der Waals surface area (Å²) in [6.07, 6.45) is 10.5. The zero-order valence-corrected chi connectivity index (χ0v) is 17.6. The van der Waals surface area contributed by atoms with Gasteiger partial charge in [-0.2, -0.15) is 15.3 Å². The van der Waals surface area contributed by atoms with Crippen LogP contribution in [0.2, 0.25) is 0 Å². The third-order valence-corrected chi connectivity index (χ3v) is 5.04. The second kappa shape index (κ2) is 8.60. The molecular weight excluding hydrogens is 420 g/mol. The second-order valence-electron chi connectivity index (χ2n) is 7.53. The molecule has 0 fully saturated rings.